The van der Waals surface area contributed by atoms with E-state index in [4.69, 9.17) is 4.74 Å². The summed E-state index contributed by atoms with van der Waals surface area (Å²) in [7, 11) is -3.48. The Morgan fingerprint density at radius 2 is 1.61 bits per heavy atom. The van der Waals surface area contributed by atoms with Crippen molar-refractivity contribution in [3.63, 3.8) is 0 Å². The largest absolute Gasteiger partial charge is 0.492 e. The zero-order chi connectivity index (χ0) is 28.5. The first-order valence-electron chi connectivity index (χ1n) is 11.6. The number of aryl methyl sites for hydroxylation is 1. The second-order valence-corrected chi connectivity index (χ2v) is 11.9. The average molecular weight is 575 g/mol. The van der Waals surface area contributed by atoms with Gasteiger partial charge in [-0.25, -0.2) is 13.2 Å². The number of halogens is 6. The molecule has 1 aromatic rings. The molecule has 0 aromatic heterocycles. The van der Waals surface area contributed by atoms with Crippen molar-refractivity contribution < 1.29 is 53.8 Å². The standard InChI is InChI=1S/C23H28F6N2O6S/c1-15-3-4-16(17(11-15)36-14-21(5-6-21)18(32)13-38(2,34)35)12-30-7-9-31(10-8-30)20(33)37-19(22(24,25)26)23(27,28)29/h3-4,11,19H,5-10,12-14H2,1-2H3. The van der Waals surface area contributed by atoms with Crippen molar-refractivity contribution in [1.82, 2.24) is 9.80 Å². The van der Waals surface area contributed by atoms with Gasteiger partial charge in [-0.1, -0.05) is 12.1 Å². The van der Waals surface area contributed by atoms with Gasteiger partial charge in [0.2, 0.25) is 0 Å². The smallest absolute Gasteiger partial charge is 0.434 e. The van der Waals surface area contributed by atoms with Gasteiger partial charge in [0, 0.05) is 44.5 Å². The summed E-state index contributed by atoms with van der Waals surface area (Å²) in [5.74, 6) is -0.477. The Kier molecular flexibility index (Phi) is 8.61. The van der Waals surface area contributed by atoms with Crippen molar-refractivity contribution in [3.8, 4) is 5.75 Å². The minimum absolute atomic E-state index is 0.0109. The molecule has 0 unspecified atom stereocenters. The SMILES string of the molecule is Cc1ccc(CN2CCN(C(=O)OC(C(F)(F)F)C(F)(F)F)CC2)c(OCC2(C(=O)CS(C)(=O)=O)CC2)c1. The number of benzene rings is 1. The van der Waals surface area contributed by atoms with Gasteiger partial charge in [-0.15, -0.1) is 0 Å². The Balaban J connectivity index is 1.58. The number of piperazine rings is 1. The summed E-state index contributed by atoms with van der Waals surface area (Å²) in [6, 6.07) is 5.38. The molecule has 0 N–H and O–H groups in total. The van der Waals surface area contributed by atoms with Crippen LogP contribution in [0, 0.1) is 12.3 Å². The van der Waals surface area contributed by atoms with E-state index in [1.165, 1.54) is 0 Å². The van der Waals surface area contributed by atoms with E-state index in [1.54, 1.807) is 12.1 Å². The van der Waals surface area contributed by atoms with Gasteiger partial charge in [0.1, 0.15) is 18.1 Å². The van der Waals surface area contributed by atoms with Gasteiger partial charge >= 0.3 is 18.4 Å². The van der Waals surface area contributed by atoms with E-state index in [-0.39, 0.29) is 32.8 Å². The molecule has 1 aliphatic carbocycles. The fourth-order valence-corrected chi connectivity index (χ4v) is 4.79. The third-order valence-corrected chi connectivity index (χ3v) is 7.19. The van der Waals surface area contributed by atoms with Crippen LogP contribution in [0.25, 0.3) is 0 Å². The lowest BCUT2D eigenvalue weighted by Gasteiger charge is -2.35. The maximum atomic E-state index is 12.7. The number of rotatable bonds is 9. The molecule has 214 valence electrons. The number of Topliss-reactive ketones (excluding diaryl/α,β-unsaturated/α-hetero) is 1. The number of amides is 1. The topological polar surface area (TPSA) is 93.2 Å². The number of carbonyl (C=O) groups is 2. The number of nitrogens with zero attached hydrogens (tertiary/aromatic N) is 2. The summed E-state index contributed by atoms with van der Waals surface area (Å²) in [6.45, 7) is 2.16. The summed E-state index contributed by atoms with van der Waals surface area (Å²) < 4.78 is 109. The maximum absolute atomic E-state index is 12.7. The van der Waals surface area contributed by atoms with E-state index in [9.17, 15) is 44.3 Å². The second-order valence-electron chi connectivity index (χ2n) is 9.78. The molecule has 1 saturated carbocycles. The van der Waals surface area contributed by atoms with Gasteiger partial charge in [-0.05, 0) is 31.4 Å². The molecule has 0 atom stereocenters. The molecule has 0 spiro atoms. The van der Waals surface area contributed by atoms with E-state index >= 15 is 0 Å². The molecule has 2 aliphatic rings. The highest BCUT2D eigenvalue weighted by Gasteiger charge is 2.60. The minimum atomic E-state index is -5.79. The first-order chi connectivity index (χ1) is 17.4. The van der Waals surface area contributed by atoms with Gasteiger partial charge < -0.3 is 14.4 Å². The fraction of sp³-hybridized carbons (Fsp3) is 0.652. The molecule has 0 radical (unpaired) electrons. The molecule has 1 aliphatic heterocycles. The number of ether oxygens (including phenoxy) is 2. The van der Waals surface area contributed by atoms with E-state index in [1.807, 2.05) is 17.9 Å². The molecule has 3 rings (SSSR count). The van der Waals surface area contributed by atoms with E-state index in [2.05, 4.69) is 4.74 Å². The third kappa shape index (κ3) is 7.98. The van der Waals surface area contributed by atoms with Crippen LogP contribution in [0.3, 0.4) is 0 Å². The second kappa shape index (κ2) is 10.9. The van der Waals surface area contributed by atoms with Gasteiger partial charge in [0.25, 0.3) is 6.10 Å². The molecule has 1 heterocycles. The third-order valence-electron chi connectivity index (χ3n) is 6.40. The van der Waals surface area contributed by atoms with E-state index in [0.717, 1.165) is 16.7 Å². The highest BCUT2D eigenvalue weighted by molar-refractivity contribution is 7.91. The van der Waals surface area contributed by atoms with Gasteiger partial charge in [-0.3, -0.25) is 9.69 Å². The van der Waals surface area contributed by atoms with Crippen LogP contribution in [0.1, 0.15) is 24.0 Å². The van der Waals surface area contributed by atoms with Crippen LogP contribution in [0.5, 0.6) is 5.75 Å². The average Bonchev–Trinajstić information content (AvgIpc) is 3.56. The lowest BCUT2D eigenvalue weighted by atomic mass is 10.0. The van der Waals surface area contributed by atoms with Gasteiger partial charge in [0.05, 0.1) is 5.41 Å². The Labute approximate surface area is 215 Å². The number of ketones is 1. The quantitative estimate of drug-likeness (QED) is 0.417. The molecule has 1 aromatic carbocycles. The van der Waals surface area contributed by atoms with Crippen molar-refractivity contribution in [2.24, 2.45) is 5.41 Å². The van der Waals surface area contributed by atoms with Crippen LogP contribution in [0.15, 0.2) is 18.2 Å². The molecule has 38 heavy (non-hydrogen) atoms. The number of alkyl halides is 6. The fourth-order valence-electron chi connectivity index (χ4n) is 4.01. The van der Waals surface area contributed by atoms with Gasteiger partial charge in [-0.2, -0.15) is 26.3 Å². The zero-order valence-corrected chi connectivity index (χ0v) is 21.5. The summed E-state index contributed by atoms with van der Waals surface area (Å²) in [5.41, 5.74) is 0.737. The van der Waals surface area contributed by atoms with Crippen LogP contribution < -0.4 is 4.74 Å². The lowest BCUT2D eigenvalue weighted by Crippen LogP contribution is -2.52. The number of sulfone groups is 1. The molecule has 1 saturated heterocycles. The molecular formula is C23H28F6N2O6S. The number of carbonyl (C=O) groups excluding carboxylic acids is 2. The Morgan fingerprint density at radius 3 is 2.11 bits per heavy atom. The minimum Gasteiger partial charge on any atom is -0.492 e. The van der Waals surface area contributed by atoms with Crippen LogP contribution in [0.4, 0.5) is 31.1 Å². The lowest BCUT2D eigenvalue weighted by molar-refractivity contribution is -0.308. The van der Waals surface area contributed by atoms with Crippen molar-refractivity contribution in [2.45, 2.75) is 44.8 Å². The van der Waals surface area contributed by atoms with Crippen LogP contribution in [0.2, 0.25) is 0 Å². The molecule has 1 amide bonds. The maximum Gasteiger partial charge on any atom is 0.434 e. The van der Waals surface area contributed by atoms with Crippen molar-refractivity contribution in [1.29, 1.82) is 0 Å². The molecule has 8 nitrogen and oxygen atoms in total. The van der Waals surface area contributed by atoms with Gasteiger partial charge in [0.15, 0.2) is 15.6 Å². The van der Waals surface area contributed by atoms with Crippen LogP contribution in [-0.2, 0) is 25.9 Å². The van der Waals surface area contributed by atoms with Crippen molar-refractivity contribution in [2.75, 3.05) is 44.8 Å². The highest BCUT2D eigenvalue weighted by Crippen LogP contribution is 2.47. The summed E-state index contributed by atoms with van der Waals surface area (Å²) >= 11 is 0. The Hall–Kier alpha value is -2.55. The Bertz CT molecular complexity index is 1130. The first kappa shape index (κ1) is 30.0. The Morgan fingerprint density at radius 1 is 1.03 bits per heavy atom. The molecular weight excluding hydrogens is 546 g/mol. The summed E-state index contributed by atoms with van der Waals surface area (Å²) in [5, 5.41) is 0. The van der Waals surface area contributed by atoms with Crippen LogP contribution in [-0.4, -0.2) is 93.3 Å². The molecule has 15 heteroatoms. The van der Waals surface area contributed by atoms with Crippen molar-refractivity contribution in [3.05, 3.63) is 29.3 Å². The molecule has 0 bridgehead atoms. The van der Waals surface area contributed by atoms with E-state index < -0.39 is 51.3 Å². The summed E-state index contributed by atoms with van der Waals surface area (Å²) in [6.07, 6.45) is -15.4. The monoisotopic (exact) mass is 574 g/mol. The van der Waals surface area contributed by atoms with Crippen LogP contribution >= 0.6 is 0 Å². The normalized spacial score (nSPS) is 18.4. The zero-order valence-electron chi connectivity index (χ0n) is 20.7. The molecule has 2 fully saturated rings. The predicted molar refractivity (Wildman–Crippen MR) is 122 cm³/mol. The summed E-state index contributed by atoms with van der Waals surface area (Å²) in [4.78, 5) is 27.1. The first-order valence-corrected chi connectivity index (χ1v) is 13.7. The highest BCUT2D eigenvalue weighted by atomic mass is 32.2. The number of hydrogen-bond donors (Lipinski definition) is 0. The number of hydrogen-bond acceptors (Lipinski definition) is 7. The van der Waals surface area contributed by atoms with E-state index in [0.29, 0.717) is 30.7 Å². The predicted octanol–water partition coefficient (Wildman–Crippen LogP) is 3.52. The van der Waals surface area contributed by atoms with Crippen molar-refractivity contribution >= 4 is 21.7 Å².